The molecule has 1 fully saturated rings. The maximum absolute atomic E-state index is 12.2. The molecule has 0 bridgehead atoms. The number of halogens is 1. The summed E-state index contributed by atoms with van der Waals surface area (Å²) in [6.07, 6.45) is 6.46. The highest BCUT2D eigenvalue weighted by Gasteiger charge is 2.26. The SMILES string of the molecule is CCNC(=NCCc1noc(-c2ccccn2)n1)NC1CCCC(S(=O)CC)C1.I. The lowest BCUT2D eigenvalue weighted by Gasteiger charge is -2.30. The Kier molecular flexibility index (Phi) is 10.7. The lowest BCUT2D eigenvalue weighted by atomic mass is 9.95. The van der Waals surface area contributed by atoms with Crippen molar-refractivity contribution >= 4 is 40.7 Å². The van der Waals surface area contributed by atoms with Crippen molar-refractivity contribution in [1.82, 2.24) is 25.8 Å². The van der Waals surface area contributed by atoms with Crippen LogP contribution in [0.3, 0.4) is 0 Å². The summed E-state index contributed by atoms with van der Waals surface area (Å²) in [5.74, 6) is 2.55. The van der Waals surface area contributed by atoms with Crippen LogP contribution in [0.2, 0.25) is 0 Å². The second-order valence-electron chi connectivity index (χ2n) is 7.04. The van der Waals surface area contributed by atoms with E-state index >= 15 is 0 Å². The van der Waals surface area contributed by atoms with E-state index in [0.29, 0.717) is 41.7 Å². The monoisotopic (exact) mass is 546 g/mol. The number of nitrogens with one attached hydrogen (secondary N) is 2. The fourth-order valence-corrected chi connectivity index (χ4v) is 4.83. The van der Waals surface area contributed by atoms with Crippen LogP contribution in [-0.2, 0) is 17.2 Å². The quantitative estimate of drug-likeness (QED) is 0.298. The molecule has 166 valence electrons. The van der Waals surface area contributed by atoms with Crippen LogP contribution in [0, 0.1) is 0 Å². The highest BCUT2D eigenvalue weighted by atomic mass is 127. The summed E-state index contributed by atoms with van der Waals surface area (Å²) in [5, 5.41) is 11.1. The molecule has 0 aromatic carbocycles. The van der Waals surface area contributed by atoms with Crippen LogP contribution in [-0.4, -0.2) is 55.4 Å². The number of pyridine rings is 1. The first-order valence-electron chi connectivity index (χ1n) is 10.4. The largest absolute Gasteiger partial charge is 0.357 e. The summed E-state index contributed by atoms with van der Waals surface area (Å²) < 4.78 is 17.5. The third kappa shape index (κ3) is 7.29. The highest BCUT2D eigenvalue weighted by Crippen LogP contribution is 2.23. The van der Waals surface area contributed by atoms with E-state index in [1.165, 1.54) is 0 Å². The van der Waals surface area contributed by atoms with Crippen LogP contribution in [0.15, 0.2) is 33.9 Å². The Morgan fingerprint density at radius 2 is 2.20 bits per heavy atom. The van der Waals surface area contributed by atoms with Gasteiger partial charge >= 0.3 is 0 Å². The molecule has 10 heteroatoms. The Labute approximate surface area is 197 Å². The molecule has 0 aliphatic heterocycles. The molecule has 2 heterocycles. The molecular formula is C20H31IN6O2S. The molecule has 0 spiro atoms. The fraction of sp³-hybridized carbons (Fsp3) is 0.600. The molecule has 30 heavy (non-hydrogen) atoms. The number of hydrogen-bond donors (Lipinski definition) is 2. The Bertz CT molecular complexity index is 817. The van der Waals surface area contributed by atoms with Crippen LogP contribution in [0.4, 0.5) is 0 Å². The van der Waals surface area contributed by atoms with Gasteiger partial charge in [0.2, 0.25) is 0 Å². The highest BCUT2D eigenvalue weighted by molar-refractivity contribution is 14.0. The number of aromatic nitrogens is 3. The summed E-state index contributed by atoms with van der Waals surface area (Å²) in [4.78, 5) is 13.3. The van der Waals surface area contributed by atoms with Crippen LogP contribution in [0.5, 0.6) is 0 Å². The molecule has 2 aromatic heterocycles. The second-order valence-corrected chi connectivity index (χ2v) is 9.05. The minimum atomic E-state index is -0.729. The van der Waals surface area contributed by atoms with Gasteiger partial charge in [-0.2, -0.15) is 4.98 Å². The molecule has 0 saturated heterocycles. The van der Waals surface area contributed by atoms with Gasteiger partial charge in [0.25, 0.3) is 5.89 Å². The number of aliphatic imine (C=N–C) groups is 1. The van der Waals surface area contributed by atoms with Gasteiger partial charge in [-0.25, -0.2) is 0 Å². The minimum Gasteiger partial charge on any atom is -0.357 e. The van der Waals surface area contributed by atoms with Gasteiger partial charge < -0.3 is 15.2 Å². The van der Waals surface area contributed by atoms with Crippen molar-refractivity contribution in [3.05, 3.63) is 30.2 Å². The first-order chi connectivity index (χ1) is 14.2. The van der Waals surface area contributed by atoms with Gasteiger partial charge in [0.1, 0.15) is 5.69 Å². The van der Waals surface area contributed by atoms with Crippen molar-refractivity contribution in [2.45, 2.75) is 57.2 Å². The number of rotatable bonds is 8. The van der Waals surface area contributed by atoms with Crippen molar-refractivity contribution in [3.8, 4) is 11.6 Å². The zero-order valence-corrected chi connectivity index (χ0v) is 20.7. The van der Waals surface area contributed by atoms with Crippen molar-refractivity contribution in [3.63, 3.8) is 0 Å². The van der Waals surface area contributed by atoms with Gasteiger partial charge in [0, 0.05) is 53.6 Å². The average Bonchev–Trinajstić information content (AvgIpc) is 3.23. The van der Waals surface area contributed by atoms with E-state index in [0.717, 1.165) is 43.9 Å². The third-order valence-corrected chi connectivity index (χ3v) is 6.67. The normalized spacial score (nSPS) is 20.3. The van der Waals surface area contributed by atoms with E-state index in [1.807, 2.05) is 32.0 Å². The lowest BCUT2D eigenvalue weighted by molar-refractivity contribution is 0.413. The van der Waals surface area contributed by atoms with Crippen molar-refractivity contribution in [2.75, 3.05) is 18.8 Å². The first-order valence-corrected chi connectivity index (χ1v) is 11.7. The molecule has 1 saturated carbocycles. The third-order valence-electron chi connectivity index (χ3n) is 4.92. The van der Waals surface area contributed by atoms with E-state index < -0.39 is 10.8 Å². The molecule has 2 aromatic rings. The number of hydrogen-bond acceptors (Lipinski definition) is 6. The molecular weight excluding hydrogens is 515 g/mol. The minimum absolute atomic E-state index is 0. The van der Waals surface area contributed by atoms with Crippen LogP contribution in [0.1, 0.15) is 45.4 Å². The van der Waals surface area contributed by atoms with E-state index in [-0.39, 0.29) is 24.0 Å². The molecule has 0 amide bonds. The van der Waals surface area contributed by atoms with E-state index in [1.54, 1.807) is 6.20 Å². The summed E-state index contributed by atoms with van der Waals surface area (Å²) >= 11 is 0. The second kappa shape index (κ2) is 13.0. The fourth-order valence-electron chi connectivity index (χ4n) is 3.48. The zero-order valence-electron chi connectivity index (χ0n) is 17.5. The molecule has 0 radical (unpaired) electrons. The molecule has 8 nitrogen and oxygen atoms in total. The molecule has 2 N–H and O–H groups in total. The van der Waals surface area contributed by atoms with Gasteiger partial charge in [-0.1, -0.05) is 24.6 Å². The van der Waals surface area contributed by atoms with Crippen molar-refractivity contribution in [1.29, 1.82) is 0 Å². The van der Waals surface area contributed by atoms with Gasteiger partial charge in [-0.05, 0) is 38.3 Å². The zero-order chi connectivity index (χ0) is 20.5. The standard InChI is InChI=1S/C20H30N6O2S.HI/c1-3-21-20(24-15-8-7-9-16(14-15)29(27)4-2)23-13-11-18-25-19(28-26-18)17-10-5-6-12-22-17;/h5-6,10,12,15-16H,3-4,7-9,11,13-14H2,1-2H3,(H2,21,23,24);1H. The molecule has 3 atom stereocenters. The van der Waals surface area contributed by atoms with E-state index in [4.69, 9.17) is 4.52 Å². The maximum atomic E-state index is 12.2. The molecule has 3 unspecified atom stereocenters. The van der Waals surface area contributed by atoms with Crippen LogP contribution < -0.4 is 10.6 Å². The van der Waals surface area contributed by atoms with Crippen molar-refractivity contribution in [2.24, 2.45) is 4.99 Å². The number of guanidine groups is 1. The molecule has 1 aliphatic rings. The Balaban J connectivity index is 0.00000320. The predicted octanol–water partition coefficient (Wildman–Crippen LogP) is 2.93. The van der Waals surface area contributed by atoms with Gasteiger partial charge in [0.15, 0.2) is 11.8 Å². The predicted molar refractivity (Wildman–Crippen MR) is 130 cm³/mol. The van der Waals surface area contributed by atoms with Gasteiger partial charge in [-0.15, -0.1) is 24.0 Å². The molecule has 3 rings (SSSR count). The average molecular weight is 546 g/mol. The van der Waals surface area contributed by atoms with Gasteiger partial charge in [-0.3, -0.25) is 14.2 Å². The van der Waals surface area contributed by atoms with Crippen molar-refractivity contribution < 1.29 is 8.73 Å². The molecule has 1 aliphatic carbocycles. The lowest BCUT2D eigenvalue weighted by Crippen LogP contribution is -2.46. The first kappa shape index (κ1) is 24.7. The Morgan fingerprint density at radius 3 is 2.93 bits per heavy atom. The van der Waals surface area contributed by atoms with Crippen LogP contribution in [0.25, 0.3) is 11.6 Å². The topological polar surface area (TPSA) is 105 Å². The summed E-state index contributed by atoms with van der Waals surface area (Å²) in [6.45, 7) is 5.38. The summed E-state index contributed by atoms with van der Waals surface area (Å²) in [5.41, 5.74) is 0.668. The Hall–Kier alpha value is -1.56. The summed E-state index contributed by atoms with van der Waals surface area (Å²) in [7, 11) is -0.729. The Morgan fingerprint density at radius 1 is 1.33 bits per heavy atom. The van der Waals surface area contributed by atoms with E-state index in [2.05, 4.69) is 30.8 Å². The maximum Gasteiger partial charge on any atom is 0.276 e. The van der Waals surface area contributed by atoms with Gasteiger partial charge in [0.05, 0.1) is 0 Å². The smallest absolute Gasteiger partial charge is 0.276 e. The number of nitrogens with zero attached hydrogens (tertiary/aromatic N) is 4. The summed E-state index contributed by atoms with van der Waals surface area (Å²) in [6, 6.07) is 5.88. The van der Waals surface area contributed by atoms with Crippen LogP contribution >= 0.6 is 24.0 Å². The van der Waals surface area contributed by atoms with E-state index in [9.17, 15) is 4.21 Å².